The van der Waals surface area contributed by atoms with Crippen LogP contribution in [0.2, 0.25) is 0 Å². The van der Waals surface area contributed by atoms with E-state index in [1.807, 2.05) is 121 Å². The third kappa shape index (κ3) is 10.0. The Morgan fingerprint density at radius 3 is 1.51 bits per heavy atom. The Morgan fingerprint density at radius 2 is 1.06 bits per heavy atom. The Hall–Kier alpha value is -3.79. The van der Waals surface area contributed by atoms with Crippen LogP contribution in [0.4, 0.5) is 0 Å². The molecule has 4 aromatic rings. The molecule has 0 aromatic heterocycles. The van der Waals surface area contributed by atoms with Gasteiger partial charge in [-0.05, 0) is 41.4 Å². The molecule has 1 heterocycles. The van der Waals surface area contributed by atoms with E-state index in [0.717, 1.165) is 22.3 Å². The third-order valence-corrected chi connectivity index (χ3v) is 9.92. The predicted molar refractivity (Wildman–Crippen MR) is 201 cm³/mol. The summed E-state index contributed by atoms with van der Waals surface area (Å²) in [6.07, 6.45) is -8.51. The normalized spacial score (nSPS) is 29.8. The van der Waals surface area contributed by atoms with Crippen molar-refractivity contribution in [1.82, 2.24) is 10.6 Å². The zero-order valence-electron chi connectivity index (χ0n) is 29.5. The Bertz CT molecular complexity index is 1690. The molecule has 282 valence electrons. The highest BCUT2D eigenvalue weighted by Crippen LogP contribution is 2.33. The van der Waals surface area contributed by atoms with Crippen LogP contribution in [0.1, 0.15) is 29.2 Å². The van der Waals surface area contributed by atoms with Crippen LogP contribution in [-0.4, -0.2) is 92.7 Å². The number of hydrogen-bond donors (Lipinski definition) is 6. The topological polar surface area (TPSA) is 151 Å². The molecule has 2 fully saturated rings. The lowest BCUT2D eigenvalue weighted by atomic mass is 9.96. The van der Waals surface area contributed by atoms with Gasteiger partial charge in [0.2, 0.25) is 0 Å². The average molecular weight is 745 g/mol. The minimum absolute atomic E-state index is 0.0108. The number of rotatable bonds is 15. The molecule has 0 spiro atoms. The molecular weight excluding hydrogens is 697 g/mol. The number of hydrogen-bond acceptors (Lipinski definition) is 10. The van der Waals surface area contributed by atoms with E-state index in [9.17, 15) is 20.4 Å². The number of benzene rings is 4. The molecule has 53 heavy (non-hydrogen) atoms. The molecule has 6 N–H and O–H groups in total. The molecule has 2 aliphatic rings. The first kappa shape index (κ1) is 38.9. The second-order valence-electron chi connectivity index (χ2n) is 13.6. The van der Waals surface area contributed by atoms with Crippen molar-refractivity contribution in [2.75, 3.05) is 6.61 Å². The predicted octanol–water partition coefficient (Wildman–Crippen LogP) is 3.36. The van der Waals surface area contributed by atoms with Crippen molar-refractivity contribution >= 4 is 17.3 Å². The van der Waals surface area contributed by atoms with Gasteiger partial charge in [0, 0.05) is 0 Å². The summed E-state index contributed by atoms with van der Waals surface area (Å²) in [4.78, 5) is 0. The van der Waals surface area contributed by atoms with Gasteiger partial charge in [0.25, 0.3) is 0 Å². The summed E-state index contributed by atoms with van der Waals surface area (Å²) in [5, 5.41) is 48.5. The minimum atomic E-state index is -1.90. The molecule has 1 saturated heterocycles. The highest BCUT2D eigenvalue weighted by Gasteiger charge is 2.57. The highest BCUT2D eigenvalue weighted by atomic mass is 32.1. The SMILES string of the molecule is C[C@]1(O)[C@H](NC(=S)N[C@H]2O[C@H](COCc3ccccc3)[C@@H](OCc3ccccc3)[C@H](OCc3ccccc3)[C@H]2OCc2ccccc2)[C@H](O)[C@@H](O)[C@@H]1O. The smallest absolute Gasteiger partial charge is 0.168 e. The van der Waals surface area contributed by atoms with E-state index in [1.165, 1.54) is 6.92 Å². The van der Waals surface area contributed by atoms with Crippen molar-refractivity contribution in [3.63, 3.8) is 0 Å². The van der Waals surface area contributed by atoms with Gasteiger partial charge in [0.1, 0.15) is 48.3 Å². The quantitative estimate of drug-likeness (QED) is 0.0992. The van der Waals surface area contributed by atoms with Gasteiger partial charge in [-0.1, -0.05) is 121 Å². The third-order valence-electron chi connectivity index (χ3n) is 9.69. The lowest BCUT2D eigenvalue weighted by Gasteiger charge is -2.46. The van der Waals surface area contributed by atoms with Gasteiger partial charge in [-0.15, -0.1) is 0 Å². The fraction of sp³-hybridized carbons (Fsp3) is 0.390. The molecule has 0 radical (unpaired) electrons. The summed E-state index contributed by atoms with van der Waals surface area (Å²) in [5.41, 5.74) is 1.95. The van der Waals surface area contributed by atoms with Crippen LogP contribution in [0.5, 0.6) is 0 Å². The van der Waals surface area contributed by atoms with Crippen molar-refractivity contribution < 1.29 is 44.1 Å². The van der Waals surface area contributed by atoms with Crippen molar-refractivity contribution in [2.24, 2.45) is 0 Å². The molecule has 11 nitrogen and oxygen atoms in total. The van der Waals surface area contributed by atoms with Crippen molar-refractivity contribution in [3.8, 4) is 0 Å². The van der Waals surface area contributed by atoms with Crippen molar-refractivity contribution in [1.29, 1.82) is 0 Å². The van der Waals surface area contributed by atoms with E-state index in [1.54, 1.807) is 0 Å². The van der Waals surface area contributed by atoms with Gasteiger partial charge < -0.3 is 54.7 Å². The minimum Gasteiger partial charge on any atom is -0.388 e. The standard InChI is InChI=1S/C41H48N2O9S/c1-41(47)37(32(44)33(45)38(41)46)42-40(53)43-39-36(51-25-30-20-12-5-13-21-30)35(50-24-29-18-10-4-11-19-29)34(49-23-28-16-8-3-9-17-28)31(52-39)26-48-22-27-14-6-2-7-15-27/h2-21,31-39,44-47H,22-26H2,1H3,(H2,42,43,53)/t31-,32-,33-,34-,35+,36-,37-,38+,39+,41+/m1/s1. The number of aliphatic hydroxyl groups excluding tert-OH is 3. The highest BCUT2D eigenvalue weighted by molar-refractivity contribution is 7.80. The van der Waals surface area contributed by atoms with Gasteiger partial charge >= 0.3 is 0 Å². The Kier molecular flexibility index (Phi) is 13.6. The van der Waals surface area contributed by atoms with Crippen LogP contribution in [0.25, 0.3) is 0 Å². The van der Waals surface area contributed by atoms with Crippen LogP contribution >= 0.6 is 12.2 Å². The van der Waals surface area contributed by atoms with E-state index in [0.29, 0.717) is 6.61 Å². The molecule has 1 aliphatic heterocycles. The number of aliphatic hydroxyl groups is 4. The molecule has 1 aliphatic carbocycles. The van der Waals surface area contributed by atoms with Gasteiger partial charge in [-0.2, -0.15) is 0 Å². The van der Waals surface area contributed by atoms with Crippen molar-refractivity contribution in [3.05, 3.63) is 144 Å². The van der Waals surface area contributed by atoms with E-state index in [-0.39, 0.29) is 31.5 Å². The van der Waals surface area contributed by atoms with Crippen molar-refractivity contribution in [2.45, 2.75) is 93.9 Å². The summed E-state index contributed by atoms with van der Waals surface area (Å²) < 4.78 is 33.1. The summed E-state index contributed by atoms with van der Waals surface area (Å²) in [7, 11) is 0. The zero-order valence-corrected chi connectivity index (χ0v) is 30.3. The molecule has 1 saturated carbocycles. The lowest BCUT2D eigenvalue weighted by molar-refractivity contribution is -0.275. The summed E-state index contributed by atoms with van der Waals surface area (Å²) >= 11 is 5.70. The second-order valence-corrected chi connectivity index (χ2v) is 14.0. The average Bonchev–Trinajstić information content (AvgIpc) is 3.32. The lowest BCUT2D eigenvalue weighted by Crippen LogP contribution is -2.67. The zero-order chi connectivity index (χ0) is 37.2. The Labute approximate surface area is 315 Å². The molecule has 0 unspecified atom stereocenters. The van der Waals surface area contributed by atoms with E-state index < -0.39 is 60.6 Å². The Balaban J connectivity index is 1.31. The molecular formula is C41H48N2O9S. The monoisotopic (exact) mass is 744 g/mol. The first-order valence-corrected chi connectivity index (χ1v) is 18.2. The van der Waals surface area contributed by atoms with E-state index in [2.05, 4.69) is 10.6 Å². The maximum atomic E-state index is 11.0. The van der Waals surface area contributed by atoms with Crippen LogP contribution in [-0.2, 0) is 50.1 Å². The van der Waals surface area contributed by atoms with Crippen LogP contribution < -0.4 is 10.6 Å². The largest absolute Gasteiger partial charge is 0.388 e. The fourth-order valence-electron chi connectivity index (χ4n) is 6.71. The maximum absolute atomic E-state index is 11.0. The molecule has 0 amide bonds. The van der Waals surface area contributed by atoms with Gasteiger partial charge in [0.05, 0.1) is 39.1 Å². The Morgan fingerprint density at radius 1 is 0.623 bits per heavy atom. The van der Waals surface area contributed by atoms with Crippen LogP contribution in [0.15, 0.2) is 121 Å². The summed E-state index contributed by atoms with van der Waals surface area (Å²) in [6.45, 7) is 2.54. The number of thiocarbonyl (C=S) groups is 1. The molecule has 0 bridgehead atoms. The first-order chi connectivity index (χ1) is 25.7. The first-order valence-electron chi connectivity index (χ1n) is 17.8. The number of ether oxygens (including phenoxy) is 5. The summed E-state index contributed by atoms with van der Waals surface area (Å²) in [6, 6.07) is 38.0. The van der Waals surface area contributed by atoms with Crippen LogP contribution in [0.3, 0.4) is 0 Å². The van der Waals surface area contributed by atoms with Gasteiger partial charge in [-0.3, -0.25) is 0 Å². The molecule has 4 aromatic carbocycles. The van der Waals surface area contributed by atoms with Crippen LogP contribution in [0, 0.1) is 0 Å². The van der Waals surface area contributed by atoms with E-state index in [4.69, 9.17) is 35.9 Å². The molecule has 6 rings (SSSR count). The molecule has 12 heteroatoms. The van der Waals surface area contributed by atoms with Gasteiger partial charge in [-0.25, -0.2) is 0 Å². The maximum Gasteiger partial charge on any atom is 0.168 e. The second kappa shape index (κ2) is 18.5. The fourth-order valence-corrected chi connectivity index (χ4v) is 6.95. The van der Waals surface area contributed by atoms with Gasteiger partial charge in [0.15, 0.2) is 11.3 Å². The summed E-state index contributed by atoms with van der Waals surface area (Å²) in [5.74, 6) is 0. The van der Waals surface area contributed by atoms with E-state index >= 15 is 0 Å². The number of nitrogens with one attached hydrogen (secondary N) is 2. The molecule has 10 atom stereocenters.